The van der Waals surface area contributed by atoms with Crippen LogP contribution in [-0.2, 0) is 15.0 Å². The van der Waals surface area contributed by atoms with Crippen molar-refractivity contribution in [2.75, 3.05) is 27.2 Å². The highest BCUT2D eigenvalue weighted by Gasteiger charge is 2.52. The van der Waals surface area contributed by atoms with Gasteiger partial charge in [-0.2, -0.15) is 5.26 Å². The van der Waals surface area contributed by atoms with Crippen LogP contribution in [0.4, 0.5) is 0 Å². The molecule has 3 aromatic carbocycles. The first-order valence-corrected chi connectivity index (χ1v) is 14.5. The third-order valence-corrected chi connectivity index (χ3v) is 9.01. The number of carbonyl (C=O) groups is 1. The minimum atomic E-state index is -1.29. The lowest BCUT2D eigenvalue weighted by atomic mass is 9.70. The van der Waals surface area contributed by atoms with Crippen LogP contribution in [0.3, 0.4) is 0 Å². The van der Waals surface area contributed by atoms with Gasteiger partial charge in [-0.3, -0.25) is 9.69 Å². The second-order valence-electron chi connectivity index (χ2n) is 11.8. The van der Waals surface area contributed by atoms with Gasteiger partial charge in [0.25, 0.3) is 0 Å². The Labute approximate surface area is 251 Å². The first-order chi connectivity index (χ1) is 20.6. The molecule has 0 aliphatic carbocycles. The summed E-state index contributed by atoms with van der Waals surface area (Å²) in [7, 11) is 1.91. The van der Waals surface area contributed by atoms with Gasteiger partial charge in [0.15, 0.2) is 34.6 Å². The van der Waals surface area contributed by atoms with Gasteiger partial charge in [-0.05, 0) is 62.4 Å². The fourth-order valence-electron chi connectivity index (χ4n) is 6.37. The first kappa shape index (κ1) is 29.0. The predicted molar refractivity (Wildman–Crippen MR) is 157 cm³/mol. The molecule has 9 nitrogen and oxygen atoms in total. The van der Waals surface area contributed by atoms with E-state index in [2.05, 4.69) is 6.07 Å². The van der Waals surface area contributed by atoms with E-state index in [1.165, 1.54) is 0 Å². The van der Waals surface area contributed by atoms with Gasteiger partial charge in [-0.1, -0.05) is 50.2 Å². The lowest BCUT2D eigenvalue weighted by Crippen LogP contribution is -2.60. The van der Waals surface area contributed by atoms with E-state index in [0.29, 0.717) is 40.7 Å². The van der Waals surface area contributed by atoms with E-state index in [1.54, 1.807) is 18.2 Å². The molecule has 43 heavy (non-hydrogen) atoms. The van der Waals surface area contributed by atoms with Crippen LogP contribution in [0.2, 0.25) is 0 Å². The molecule has 1 fully saturated rings. The maximum atomic E-state index is 14.0. The molecule has 3 aromatic rings. The average molecular weight is 585 g/mol. The number of carbonyl (C=O) groups excluding carboxylic acids is 1. The second-order valence-corrected chi connectivity index (χ2v) is 11.8. The molecule has 224 valence electrons. The van der Waals surface area contributed by atoms with Crippen LogP contribution >= 0.6 is 0 Å². The Kier molecular flexibility index (Phi) is 7.55. The van der Waals surface area contributed by atoms with E-state index in [-0.39, 0.29) is 25.4 Å². The number of ketones is 1. The summed E-state index contributed by atoms with van der Waals surface area (Å²) in [5.41, 5.74) is 0.872. The lowest BCUT2D eigenvalue weighted by molar-refractivity contribution is -0.300. The van der Waals surface area contributed by atoms with Crippen LogP contribution in [0, 0.1) is 23.2 Å². The van der Waals surface area contributed by atoms with E-state index in [9.17, 15) is 10.1 Å². The van der Waals surface area contributed by atoms with Crippen LogP contribution in [0.5, 0.6) is 23.0 Å². The third kappa shape index (κ3) is 5.10. The summed E-state index contributed by atoms with van der Waals surface area (Å²) >= 11 is 0. The van der Waals surface area contributed by atoms with Crippen molar-refractivity contribution >= 4 is 5.78 Å². The van der Waals surface area contributed by atoms with E-state index in [4.69, 9.17) is 28.4 Å². The molecule has 5 atom stereocenters. The van der Waals surface area contributed by atoms with Crippen LogP contribution in [-0.4, -0.2) is 49.8 Å². The minimum absolute atomic E-state index is 0.101. The summed E-state index contributed by atoms with van der Waals surface area (Å²) in [5.74, 6) is 0.340. The number of hydrogen-bond acceptors (Lipinski definition) is 9. The summed E-state index contributed by atoms with van der Waals surface area (Å²) in [4.78, 5) is 16.0. The topological polar surface area (TPSA) is 99.5 Å². The lowest BCUT2D eigenvalue weighted by Gasteiger charge is -2.51. The monoisotopic (exact) mass is 584 g/mol. The Bertz CT molecular complexity index is 1550. The van der Waals surface area contributed by atoms with Crippen molar-refractivity contribution in [2.24, 2.45) is 11.8 Å². The minimum Gasteiger partial charge on any atom is -0.454 e. The van der Waals surface area contributed by atoms with Crippen molar-refractivity contribution in [1.82, 2.24) is 4.90 Å². The maximum Gasteiger partial charge on any atom is 0.231 e. The highest BCUT2D eigenvalue weighted by Crippen LogP contribution is 2.47. The van der Waals surface area contributed by atoms with Gasteiger partial charge in [0.2, 0.25) is 13.6 Å². The Balaban J connectivity index is 1.43. The molecule has 0 N–H and O–H groups in total. The van der Waals surface area contributed by atoms with Crippen molar-refractivity contribution in [3.05, 3.63) is 83.4 Å². The zero-order valence-electron chi connectivity index (χ0n) is 25.0. The van der Waals surface area contributed by atoms with Crippen molar-refractivity contribution < 1.29 is 33.2 Å². The van der Waals surface area contributed by atoms with Crippen LogP contribution in [0.25, 0.3) is 0 Å². The summed E-state index contributed by atoms with van der Waals surface area (Å²) in [6.07, 6.45) is -0.399. The van der Waals surface area contributed by atoms with Crippen LogP contribution in [0.1, 0.15) is 55.3 Å². The van der Waals surface area contributed by atoms with Crippen molar-refractivity contribution in [2.45, 2.75) is 51.2 Å². The van der Waals surface area contributed by atoms with Crippen LogP contribution in [0.15, 0.2) is 66.7 Å². The molecule has 0 amide bonds. The SMILES string of the molecule is C[C@H](C(=O)c1ccc2c(c1)OCO2)[C@H](C)[C@@](C#N)(c1ccc2c(c1)OCO2)N(C)[C@@H]1COC(C)(C)O[C@@H]1c1ccccc1. The number of ether oxygens (including phenoxy) is 6. The van der Waals surface area contributed by atoms with Gasteiger partial charge in [-0.15, -0.1) is 0 Å². The molecular weight excluding hydrogens is 548 g/mol. The molecule has 0 spiro atoms. The summed E-state index contributed by atoms with van der Waals surface area (Å²) in [5, 5.41) is 11.2. The Hall–Kier alpha value is -4.10. The number of rotatable bonds is 8. The van der Waals surface area contributed by atoms with Gasteiger partial charge < -0.3 is 28.4 Å². The fourth-order valence-corrected chi connectivity index (χ4v) is 6.37. The second kappa shape index (κ2) is 11.2. The highest BCUT2D eigenvalue weighted by molar-refractivity contribution is 5.98. The molecule has 0 radical (unpaired) electrons. The molecule has 0 unspecified atom stereocenters. The molecule has 3 aliphatic heterocycles. The van der Waals surface area contributed by atoms with E-state index in [1.807, 2.05) is 88.2 Å². The number of likely N-dealkylation sites (N-methyl/N-ethyl adjacent to an activating group) is 1. The smallest absolute Gasteiger partial charge is 0.231 e. The highest BCUT2D eigenvalue weighted by atomic mass is 16.7. The molecule has 3 heterocycles. The largest absolute Gasteiger partial charge is 0.454 e. The molecular formula is C34H36N2O7. The standard InChI is InChI=1S/C34H36N2O7/c1-21(31(37)24-11-13-27-29(15-24)40-19-38-27)22(2)34(18-35,25-12-14-28-30(16-25)41-20-39-28)36(5)26-17-42-33(3,4)43-32(26)23-9-7-6-8-10-23/h6-16,21-22,26,32H,17,19-20H2,1-5H3/t21-,22-,26+,32+,34-/m0/s1. The molecule has 3 aliphatic rings. The van der Waals surface area contributed by atoms with Gasteiger partial charge in [0.05, 0.1) is 18.7 Å². The Morgan fingerprint density at radius 2 is 1.56 bits per heavy atom. The normalized spacial score (nSPS) is 22.8. The van der Waals surface area contributed by atoms with Crippen molar-refractivity contribution in [3.63, 3.8) is 0 Å². The number of Topliss-reactive ketones (excluding diaryl/α,β-unsaturated/α-hetero) is 1. The van der Waals surface area contributed by atoms with Gasteiger partial charge in [0, 0.05) is 17.4 Å². The zero-order valence-corrected chi connectivity index (χ0v) is 25.0. The predicted octanol–water partition coefficient (Wildman–Crippen LogP) is 5.84. The average Bonchev–Trinajstić information content (AvgIpc) is 3.70. The maximum absolute atomic E-state index is 14.0. The zero-order chi connectivity index (χ0) is 30.4. The number of hydrogen-bond donors (Lipinski definition) is 0. The van der Waals surface area contributed by atoms with Crippen molar-refractivity contribution in [1.29, 1.82) is 5.26 Å². The molecule has 0 saturated carbocycles. The summed E-state index contributed by atoms with van der Waals surface area (Å²) in [6, 6.07) is 23.0. The molecule has 0 bridgehead atoms. The Morgan fingerprint density at radius 3 is 2.23 bits per heavy atom. The summed E-state index contributed by atoms with van der Waals surface area (Å²) in [6.45, 7) is 8.15. The van der Waals surface area contributed by atoms with Gasteiger partial charge >= 0.3 is 0 Å². The van der Waals surface area contributed by atoms with Crippen molar-refractivity contribution in [3.8, 4) is 29.1 Å². The quantitative estimate of drug-likeness (QED) is 0.302. The van der Waals surface area contributed by atoms with E-state index < -0.39 is 29.3 Å². The number of benzene rings is 3. The molecule has 1 saturated heterocycles. The van der Waals surface area contributed by atoms with Gasteiger partial charge in [0.1, 0.15) is 11.6 Å². The number of fused-ring (bicyclic) bond motifs is 2. The molecule has 0 aromatic heterocycles. The van der Waals surface area contributed by atoms with E-state index >= 15 is 0 Å². The first-order valence-electron chi connectivity index (χ1n) is 14.5. The number of nitriles is 1. The number of nitrogens with zero attached hydrogens (tertiary/aromatic N) is 2. The Morgan fingerprint density at radius 1 is 0.930 bits per heavy atom. The molecule has 6 rings (SSSR count). The van der Waals surface area contributed by atoms with E-state index in [0.717, 1.165) is 5.56 Å². The fraction of sp³-hybridized carbons (Fsp3) is 0.412. The van der Waals surface area contributed by atoms with Gasteiger partial charge in [-0.25, -0.2) is 0 Å². The molecule has 9 heteroatoms. The third-order valence-electron chi connectivity index (χ3n) is 9.01. The van der Waals surface area contributed by atoms with Crippen LogP contribution < -0.4 is 18.9 Å². The summed E-state index contributed by atoms with van der Waals surface area (Å²) < 4.78 is 35.0.